The molecule has 2 amide bonds. The molecular formula is C20H19N7O2. The van der Waals surface area contributed by atoms with Crippen molar-refractivity contribution in [3.05, 3.63) is 65.6 Å². The Kier molecular flexibility index (Phi) is 4.08. The second kappa shape index (κ2) is 6.77. The number of aromatic amines is 1. The predicted molar refractivity (Wildman–Crippen MR) is 103 cm³/mol. The summed E-state index contributed by atoms with van der Waals surface area (Å²) in [7, 11) is 1.66. The van der Waals surface area contributed by atoms with Crippen molar-refractivity contribution in [1.29, 1.82) is 0 Å². The number of benzene rings is 1. The average molecular weight is 389 g/mol. The van der Waals surface area contributed by atoms with E-state index in [0.717, 1.165) is 17.7 Å². The van der Waals surface area contributed by atoms with Gasteiger partial charge in [0.15, 0.2) is 5.82 Å². The molecule has 9 heteroatoms. The first-order valence-corrected chi connectivity index (χ1v) is 9.46. The molecule has 146 valence electrons. The second-order valence-electron chi connectivity index (χ2n) is 7.40. The lowest BCUT2D eigenvalue weighted by atomic mass is 10.1. The molecule has 3 aromatic rings. The zero-order valence-corrected chi connectivity index (χ0v) is 15.7. The van der Waals surface area contributed by atoms with Gasteiger partial charge in [-0.25, -0.2) is 4.98 Å². The number of hydrogen-bond acceptors (Lipinski definition) is 6. The van der Waals surface area contributed by atoms with E-state index in [9.17, 15) is 9.59 Å². The van der Waals surface area contributed by atoms with Gasteiger partial charge in [-0.1, -0.05) is 30.3 Å². The molecule has 0 bridgehead atoms. The Morgan fingerprint density at radius 3 is 2.83 bits per heavy atom. The summed E-state index contributed by atoms with van der Waals surface area (Å²) < 4.78 is 0. The number of rotatable bonds is 4. The number of likely N-dealkylation sites (N-methyl/N-ethyl adjacent to an activating group) is 1. The maximum atomic E-state index is 13.0. The van der Waals surface area contributed by atoms with Crippen molar-refractivity contribution < 1.29 is 9.59 Å². The van der Waals surface area contributed by atoms with Gasteiger partial charge in [-0.3, -0.25) is 19.5 Å². The molecule has 2 aromatic heterocycles. The highest BCUT2D eigenvalue weighted by molar-refractivity contribution is 6.02. The molecule has 3 unspecified atom stereocenters. The predicted octanol–water partition coefficient (Wildman–Crippen LogP) is 1.06. The maximum absolute atomic E-state index is 13.0. The Labute approximate surface area is 166 Å². The monoisotopic (exact) mass is 389 g/mol. The fourth-order valence-electron chi connectivity index (χ4n) is 3.90. The second-order valence-corrected chi connectivity index (χ2v) is 7.40. The fourth-order valence-corrected chi connectivity index (χ4v) is 3.90. The Balaban J connectivity index is 1.32. The van der Waals surface area contributed by atoms with Gasteiger partial charge in [0.25, 0.3) is 11.8 Å². The number of H-pyrrole nitrogens is 1. The van der Waals surface area contributed by atoms with Gasteiger partial charge in [0.2, 0.25) is 5.82 Å². The molecule has 1 aliphatic carbocycles. The van der Waals surface area contributed by atoms with E-state index < -0.39 is 11.9 Å². The standard InChI is InChI=1S/C20H19N7O2/c1-27-18-15(21-7-8-22-18)12-10-13(12)16(20(27)29)24-19(28)17-23-14(25-26-17)9-11-5-3-2-4-6-11/h2-8,12-13,16H,9-10H2,1H3,(H,24,28)(H,23,25,26). The van der Waals surface area contributed by atoms with E-state index in [1.54, 1.807) is 19.4 Å². The van der Waals surface area contributed by atoms with Crippen molar-refractivity contribution in [3.63, 3.8) is 0 Å². The number of fused-ring (bicyclic) bond motifs is 3. The van der Waals surface area contributed by atoms with Crippen molar-refractivity contribution in [1.82, 2.24) is 30.5 Å². The summed E-state index contributed by atoms with van der Waals surface area (Å²) in [4.78, 5) is 38.8. The number of hydrogen-bond donors (Lipinski definition) is 2. The quantitative estimate of drug-likeness (QED) is 0.689. The molecule has 5 rings (SSSR count). The highest BCUT2D eigenvalue weighted by atomic mass is 16.2. The number of carbonyl (C=O) groups is 2. The van der Waals surface area contributed by atoms with Crippen molar-refractivity contribution in [2.24, 2.45) is 5.92 Å². The largest absolute Gasteiger partial charge is 0.337 e. The third kappa shape index (κ3) is 3.14. The minimum atomic E-state index is -0.642. The molecule has 1 fully saturated rings. The fraction of sp³-hybridized carbons (Fsp3) is 0.300. The molecule has 1 aliphatic heterocycles. The van der Waals surface area contributed by atoms with E-state index >= 15 is 0 Å². The first-order valence-electron chi connectivity index (χ1n) is 9.46. The molecule has 2 N–H and O–H groups in total. The van der Waals surface area contributed by atoms with E-state index in [0.29, 0.717) is 18.1 Å². The zero-order valence-electron chi connectivity index (χ0n) is 15.7. The third-order valence-electron chi connectivity index (χ3n) is 5.49. The van der Waals surface area contributed by atoms with Gasteiger partial charge in [-0.2, -0.15) is 0 Å². The van der Waals surface area contributed by atoms with E-state index in [1.807, 2.05) is 30.3 Å². The average Bonchev–Trinajstić information content (AvgIpc) is 3.41. The van der Waals surface area contributed by atoms with Crippen LogP contribution in [0.25, 0.3) is 0 Å². The van der Waals surface area contributed by atoms with Crippen LogP contribution in [0.4, 0.5) is 5.82 Å². The molecular weight excluding hydrogens is 370 g/mol. The van der Waals surface area contributed by atoms with Crippen molar-refractivity contribution in [2.75, 3.05) is 11.9 Å². The molecule has 3 heterocycles. The van der Waals surface area contributed by atoms with Gasteiger partial charge in [-0.15, -0.1) is 10.2 Å². The van der Waals surface area contributed by atoms with E-state index in [4.69, 9.17) is 0 Å². The van der Waals surface area contributed by atoms with Crippen molar-refractivity contribution in [2.45, 2.75) is 24.8 Å². The number of aromatic nitrogens is 5. The lowest BCUT2D eigenvalue weighted by Crippen LogP contribution is -2.48. The molecule has 0 saturated heterocycles. The molecule has 29 heavy (non-hydrogen) atoms. The molecule has 9 nitrogen and oxygen atoms in total. The van der Waals surface area contributed by atoms with Gasteiger partial charge in [0.05, 0.1) is 5.69 Å². The van der Waals surface area contributed by atoms with Crippen LogP contribution in [0.1, 0.15) is 40.0 Å². The Bertz CT molecular complexity index is 1080. The maximum Gasteiger partial charge on any atom is 0.289 e. The van der Waals surface area contributed by atoms with Crippen LogP contribution in [0.2, 0.25) is 0 Å². The van der Waals surface area contributed by atoms with Crippen LogP contribution >= 0.6 is 0 Å². The van der Waals surface area contributed by atoms with Gasteiger partial charge >= 0.3 is 0 Å². The minimum Gasteiger partial charge on any atom is -0.337 e. The van der Waals surface area contributed by atoms with Gasteiger partial charge in [-0.05, 0) is 17.9 Å². The Morgan fingerprint density at radius 1 is 1.21 bits per heavy atom. The summed E-state index contributed by atoms with van der Waals surface area (Å²) in [5, 5.41) is 10.9. The van der Waals surface area contributed by atoms with Crippen LogP contribution in [-0.2, 0) is 11.2 Å². The highest BCUT2D eigenvalue weighted by Gasteiger charge is 2.53. The highest BCUT2D eigenvalue weighted by Crippen LogP contribution is 2.53. The lowest BCUT2D eigenvalue weighted by molar-refractivity contribution is -0.120. The number of anilines is 1. The number of nitrogens with zero attached hydrogens (tertiary/aromatic N) is 5. The van der Waals surface area contributed by atoms with Crippen LogP contribution in [0.5, 0.6) is 0 Å². The van der Waals surface area contributed by atoms with Crippen LogP contribution in [0.3, 0.4) is 0 Å². The number of carbonyl (C=O) groups excluding carboxylic acids is 2. The molecule has 2 aliphatic rings. The van der Waals surface area contributed by atoms with Crippen molar-refractivity contribution >= 4 is 17.6 Å². The van der Waals surface area contributed by atoms with E-state index in [1.165, 1.54) is 4.90 Å². The third-order valence-corrected chi connectivity index (χ3v) is 5.49. The lowest BCUT2D eigenvalue weighted by Gasteiger charge is -2.22. The molecule has 0 spiro atoms. The summed E-state index contributed by atoms with van der Waals surface area (Å²) in [6.45, 7) is 0. The normalized spacial score (nSPS) is 22.4. The van der Waals surface area contributed by atoms with Crippen LogP contribution < -0.4 is 10.2 Å². The number of nitrogens with one attached hydrogen (secondary N) is 2. The Hall–Kier alpha value is -3.62. The number of amides is 2. The summed E-state index contributed by atoms with van der Waals surface area (Å²) in [5.74, 6) is 0.749. The van der Waals surface area contributed by atoms with Crippen LogP contribution in [0, 0.1) is 5.92 Å². The van der Waals surface area contributed by atoms with Crippen molar-refractivity contribution in [3.8, 4) is 0 Å². The van der Waals surface area contributed by atoms with Gasteiger partial charge < -0.3 is 10.3 Å². The first-order chi connectivity index (χ1) is 14.1. The van der Waals surface area contributed by atoms with Crippen LogP contribution in [-0.4, -0.2) is 50.1 Å². The summed E-state index contributed by atoms with van der Waals surface area (Å²) in [6.07, 6.45) is 4.55. The first kappa shape index (κ1) is 17.5. The molecule has 3 atom stereocenters. The SMILES string of the molecule is CN1C(=O)C(NC(=O)c2nnc(Cc3ccccc3)[nH]2)C2CC2c2nccnc21. The zero-order chi connectivity index (χ0) is 20.0. The summed E-state index contributed by atoms with van der Waals surface area (Å²) >= 11 is 0. The molecule has 0 radical (unpaired) electrons. The molecule has 1 aromatic carbocycles. The summed E-state index contributed by atoms with van der Waals surface area (Å²) in [6, 6.07) is 9.15. The minimum absolute atomic E-state index is 0.0126. The summed E-state index contributed by atoms with van der Waals surface area (Å²) in [5.41, 5.74) is 1.88. The smallest absolute Gasteiger partial charge is 0.289 e. The topological polar surface area (TPSA) is 117 Å². The van der Waals surface area contributed by atoms with Crippen LogP contribution in [0.15, 0.2) is 42.7 Å². The van der Waals surface area contributed by atoms with Gasteiger partial charge in [0.1, 0.15) is 11.9 Å². The van der Waals surface area contributed by atoms with Gasteiger partial charge in [0, 0.05) is 31.8 Å². The Morgan fingerprint density at radius 2 is 2.00 bits per heavy atom. The van der Waals surface area contributed by atoms with E-state index in [2.05, 4.69) is 30.5 Å². The van der Waals surface area contributed by atoms with E-state index in [-0.39, 0.29) is 23.6 Å². The molecule has 1 saturated carbocycles.